The van der Waals surface area contributed by atoms with Gasteiger partial charge in [-0.15, -0.1) is 0 Å². The Balaban J connectivity index is 5.21. The lowest BCUT2D eigenvalue weighted by Crippen LogP contribution is -2.30. The van der Waals surface area contributed by atoms with Gasteiger partial charge in [0.2, 0.25) is 0 Å². The van der Waals surface area contributed by atoms with Crippen molar-refractivity contribution >= 4 is 39.5 Å². The number of carbonyl (C=O) groups excluding carboxylic acids is 4. The number of ether oxygens (including phenoxy) is 4. The number of aliphatic hydroxyl groups excluding tert-OH is 1. The van der Waals surface area contributed by atoms with Gasteiger partial charge in [0.15, 0.2) is 12.2 Å². The van der Waals surface area contributed by atoms with Crippen LogP contribution in [0, 0.1) is 23.7 Å². The van der Waals surface area contributed by atoms with Crippen LogP contribution in [0.15, 0.2) is 0 Å². The third-order valence-corrected chi connectivity index (χ3v) is 20.0. The van der Waals surface area contributed by atoms with Gasteiger partial charge in [0.25, 0.3) is 0 Å². The average molecular weight is 1420 g/mol. The second-order valence-corrected chi connectivity index (χ2v) is 32.9. The first kappa shape index (κ1) is 95.1. The van der Waals surface area contributed by atoms with Crippen LogP contribution in [0.2, 0.25) is 0 Å². The summed E-state index contributed by atoms with van der Waals surface area (Å²) < 4.78 is 68.5. The van der Waals surface area contributed by atoms with E-state index in [2.05, 4.69) is 55.4 Å². The van der Waals surface area contributed by atoms with Crippen LogP contribution in [0.4, 0.5) is 0 Å². The van der Waals surface area contributed by atoms with E-state index in [0.29, 0.717) is 31.6 Å². The summed E-state index contributed by atoms with van der Waals surface area (Å²) >= 11 is 0. The van der Waals surface area contributed by atoms with Crippen LogP contribution in [0.1, 0.15) is 396 Å². The van der Waals surface area contributed by atoms with Gasteiger partial charge in [-0.2, -0.15) is 0 Å². The zero-order valence-corrected chi connectivity index (χ0v) is 65.5. The fourth-order valence-electron chi connectivity index (χ4n) is 11.9. The standard InChI is InChI=1S/C78H152O17P2/c1-68(2)54-46-38-30-24-20-16-12-9-10-14-18-22-26-33-42-50-58-75(80)88-64-73(94-77(82)60-52-44-34-27-23-19-15-11-13-17-21-25-31-39-47-55-69(3)4)66-92-96(84,85)90-62-72(79)63-91-97(86,87)93-67-74(65-89-76(81)59-51-43-37-36-41-49-57-71(7)8)95-78(83)61-53-45-35-29-28-32-40-48-56-70(5)6/h68-74,79H,9-67H2,1-8H3,(H,84,85)(H,86,87)/t72-,73-,74-/m1/s1. The molecule has 0 aromatic rings. The number of phosphoric ester groups is 2. The van der Waals surface area contributed by atoms with Crippen LogP contribution < -0.4 is 0 Å². The quantitative estimate of drug-likeness (QED) is 0.0222. The predicted octanol–water partition coefficient (Wildman–Crippen LogP) is 22.8. The third-order valence-electron chi connectivity index (χ3n) is 18.1. The molecule has 0 rings (SSSR count). The molecule has 0 fully saturated rings. The first-order chi connectivity index (χ1) is 46.6. The van der Waals surface area contributed by atoms with Crippen molar-refractivity contribution in [2.75, 3.05) is 39.6 Å². The molecule has 19 heteroatoms. The van der Waals surface area contributed by atoms with Crippen molar-refractivity contribution in [3.8, 4) is 0 Å². The summed E-state index contributed by atoms with van der Waals surface area (Å²) in [5.41, 5.74) is 0. The predicted molar refractivity (Wildman–Crippen MR) is 395 cm³/mol. The Bertz CT molecular complexity index is 1900. The van der Waals surface area contributed by atoms with Gasteiger partial charge in [0, 0.05) is 25.7 Å². The van der Waals surface area contributed by atoms with Gasteiger partial charge in [0.05, 0.1) is 26.4 Å². The number of aliphatic hydroxyl groups is 1. The van der Waals surface area contributed by atoms with Crippen molar-refractivity contribution in [2.24, 2.45) is 23.7 Å². The van der Waals surface area contributed by atoms with Gasteiger partial charge < -0.3 is 33.8 Å². The second-order valence-electron chi connectivity index (χ2n) is 30.0. The molecular weight excluding hydrogens is 1270 g/mol. The number of carbonyl (C=O) groups is 4. The van der Waals surface area contributed by atoms with Crippen LogP contribution in [0.5, 0.6) is 0 Å². The van der Waals surface area contributed by atoms with E-state index in [9.17, 15) is 43.2 Å². The van der Waals surface area contributed by atoms with E-state index in [1.165, 1.54) is 193 Å². The Morgan fingerprint density at radius 3 is 0.639 bits per heavy atom. The number of phosphoric acid groups is 2. The Morgan fingerprint density at radius 1 is 0.258 bits per heavy atom. The smallest absolute Gasteiger partial charge is 0.462 e. The van der Waals surface area contributed by atoms with Crippen molar-refractivity contribution in [1.29, 1.82) is 0 Å². The zero-order valence-electron chi connectivity index (χ0n) is 63.7. The zero-order chi connectivity index (χ0) is 71.7. The molecule has 0 amide bonds. The van der Waals surface area contributed by atoms with Gasteiger partial charge in [-0.1, -0.05) is 344 Å². The summed E-state index contributed by atoms with van der Waals surface area (Å²) in [6.07, 6.45) is 53.0. The van der Waals surface area contributed by atoms with Crippen molar-refractivity contribution in [1.82, 2.24) is 0 Å². The fraction of sp³-hybridized carbons (Fsp3) is 0.949. The lowest BCUT2D eigenvalue weighted by atomic mass is 10.0. The summed E-state index contributed by atoms with van der Waals surface area (Å²) in [5.74, 6) is 0.891. The second kappa shape index (κ2) is 67.2. The molecule has 97 heavy (non-hydrogen) atoms. The SMILES string of the molecule is CC(C)CCCCCCCCCCCCCCCCCCC(=O)OC[C@H](COP(=O)(O)OC[C@@H](O)COP(=O)(O)OC[C@@H](COC(=O)CCCCCCCCC(C)C)OC(=O)CCCCCCCCCCC(C)C)OC(=O)CCCCCCCCCCCCCCCCCC(C)C. The van der Waals surface area contributed by atoms with E-state index in [1.807, 2.05) is 0 Å². The van der Waals surface area contributed by atoms with E-state index >= 15 is 0 Å². The van der Waals surface area contributed by atoms with E-state index in [0.717, 1.165) is 114 Å². The first-order valence-corrected chi connectivity index (χ1v) is 43.2. The maximum atomic E-state index is 13.1. The molecule has 0 aromatic heterocycles. The molecule has 5 atom stereocenters. The lowest BCUT2D eigenvalue weighted by molar-refractivity contribution is -0.161. The highest BCUT2D eigenvalue weighted by Gasteiger charge is 2.30. The third kappa shape index (κ3) is 72.2. The van der Waals surface area contributed by atoms with Crippen molar-refractivity contribution in [2.45, 2.75) is 414 Å². The number of rotatable bonds is 75. The lowest BCUT2D eigenvalue weighted by Gasteiger charge is -2.21. The molecule has 0 saturated heterocycles. The maximum absolute atomic E-state index is 13.1. The van der Waals surface area contributed by atoms with Gasteiger partial charge in [-0.3, -0.25) is 37.3 Å². The molecule has 0 aliphatic carbocycles. The summed E-state index contributed by atoms with van der Waals surface area (Å²) in [6.45, 7) is 14.1. The Morgan fingerprint density at radius 2 is 0.433 bits per heavy atom. The largest absolute Gasteiger partial charge is 0.472 e. The summed E-state index contributed by atoms with van der Waals surface area (Å²) in [5, 5.41) is 10.6. The van der Waals surface area contributed by atoms with E-state index in [1.54, 1.807) is 0 Å². The van der Waals surface area contributed by atoms with Gasteiger partial charge in [-0.05, 0) is 49.4 Å². The van der Waals surface area contributed by atoms with Crippen molar-refractivity contribution in [3.63, 3.8) is 0 Å². The highest BCUT2D eigenvalue weighted by Crippen LogP contribution is 2.45. The number of esters is 4. The molecule has 0 bridgehead atoms. The van der Waals surface area contributed by atoms with Gasteiger partial charge in [-0.25, -0.2) is 9.13 Å². The molecule has 3 N–H and O–H groups in total. The number of hydrogen-bond acceptors (Lipinski definition) is 15. The molecule has 0 heterocycles. The van der Waals surface area contributed by atoms with Crippen LogP contribution in [0.3, 0.4) is 0 Å². The summed E-state index contributed by atoms with van der Waals surface area (Å²) in [6, 6.07) is 0. The molecule has 17 nitrogen and oxygen atoms in total. The van der Waals surface area contributed by atoms with Gasteiger partial charge >= 0.3 is 39.5 Å². The minimum absolute atomic E-state index is 0.103. The minimum atomic E-state index is -4.96. The first-order valence-electron chi connectivity index (χ1n) is 40.2. The summed E-state index contributed by atoms with van der Waals surface area (Å²) in [4.78, 5) is 72.8. The van der Waals surface area contributed by atoms with Gasteiger partial charge in [0.1, 0.15) is 19.3 Å². The molecule has 2 unspecified atom stereocenters. The Hall–Kier alpha value is -1.94. The molecule has 0 saturated carbocycles. The molecule has 0 spiro atoms. The van der Waals surface area contributed by atoms with Crippen molar-refractivity contribution < 1.29 is 80.2 Å². The molecule has 0 aliphatic rings. The molecular formula is C78H152O17P2. The van der Waals surface area contributed by atoms with Crippen LogP contribution in [-0.4, -0.2) is 96.7 Å². The molecule has 0 aromatic carbocycles. The summed E-state index contributed by atoms with van der Waals surface area (Å²) in [7, 11) is -9.91. The van der Waals surface area contributed by atoms with Crippen LogP contribution >= 0.6 is 15.6 Å². The minimum Gasteiger partial charge on any atom is -0.462 e. The number of hydrogen-bond donors (Lipinski definition) is 3. The average Bonchev–Trinajstić information content (AvgIpc) is 1.40. The highest BCUT2D eigenvalue weighted by atomic mass is 31.2. The normalized spacial score (nSPS) is 14.1. The molecule has 0 aliphatic heterocycles. The van der Waals surface area contributed by atoms with Crippen molar-refractivity contribution in [3.05, 3.63) is 0 Å². The molecule has 576 valence electrons. The topological polar surface area (TPSA) is 237 Å². The highest BCUT2D eigenvalue weighted by molar-refractivity contribution is 7.47. The van der Waals surface area contributed by atoms with Crippen LogP contribution in [0.25, 0.3) is 0 Å². The van der Waals surface area contributed by atoms with E-state index < -0.39 is 97.5 Å². The Kier molecular flexibility index (Phi) is 65.9. The van der Waals surface area contributed by atoms with Crippen LogP contribution in [-0.2, 0) is 65.4 Å². The molecule has 0 radical (unpaired) electrons. The maximum Gasteiger partial charge on any atom is 0.472 e. The fourth-order valence-corrected chi connectivity index (χ4v) is 13.5. The Labute approximate surface area is 594 Å². The van der Waals surface area contributed by atoms with E-state index in [-0.39, 0.29) is 25.7 Å². The van der Waals surface area contributed by atoms with E-state index in [4.69, 9.17) is 37.0 Å². The number of unbranched alkanes of at least 4 members (excludes halogenated alkanes) is 41. The monoisotopic (exact) mass is 1420 g/mol.